The van der Waals surface area contributed by atoms with Gasteiger partial charge in [0.15, 0.2) is 0 Å². The number of aromatic nitrogens is 4. The lowest BCUT2D eigenvalue weighted by atomic mass is 9.93. The fourth-order valence-electron chi connectivity index (χ4n) is 20.3. The molecule has 26 aromatic rings. The van der Waals surface area contributed by atoms with Crippen molar-refractivity contribution < 1.29 is 0 Å². The molecule has 0 N–H and O–H groups in total. The van der Waals surface area contributed by atoms with E-state index in [4.69, 9.17) is 0 Å². The molecule has 6 heterocycles. The molecule has 26 rings (SSSR count). The fourth-order valence-corrected chi connectivity index (χ4v) is 22.6. The molecule has 20 aromatic carbocycles. The fraction of sp³-hybridized carbons (Fsp3) is 0. The van der Waals surface area contributed by atoms with Crippen LogP contribution in [0.1, 0.15) is 0 Å². The van der Waals surface area contributed by atoms with Crippen LogP contribution >= 0.6 is 22.7 Å². The van der Waals surface area contributed by atoms with Gasteiger partial charge in [0.25, 0.3) is 0 Å². The summed E-state index contributed by atoms with van der Waals surface area (Å²) in [7, 11) is 0. The van der Waals surface area contributed by atoms with Gasteiger partial charge in [-0.05, 0) is 261 Å². The first-order valence-electron chi connectivity index (χ1n) is 42.4. The number of fused-ring (bicyclic) bond motifs is 20. The third-order valence-corrected chi connectivity index (χ3v) is 28.1. The number of para-hydroxylation sites is 6. The molecular weight excluding hydrogens is 1540 g/mol. The summed E-state index contributed by atoms with van der Waals surface area (Å²) < 4.78 is 15.2. The minimum atomic E-state index is 1.08. The lowest BCUT2D eigenvalue weighted by molar-refractivity contribution is 1.17. The number of nitrogens with zero attached hydrogens (tertiary/aromatic N) is 6. The molecular formula is C116H72N6S2. The van der Waals surface area contributed by atoms with E-state index in [-0.39, 0.29) is 0 Å². The molecule has 0 unspecified atom stereocenters. The molecule has 578 valence electrons. The van der Waals surface area contributed by atoms with Crippen LogP contribution in [-0.4, -0.2) is 18.3 Å². The second kappa shape index (κ2) is 27.9. The summed E-state index contributed by atoms with van der Waals surface area (Å²) in [6.45, 7) is 0. The normalized spacial score (nSPS) is 12.0. The molecule has 6 nitrogen and oxygen atoms in total. The number of rotatable bonds is 13. The number of hydrogen-bond acceptors (Lipinski definition) is 4. The molecule has 0 bridgehead atoms. The van der Waals surface area contributed by atoms with Crippen LogP contribution in [0.3, 0.4) is 0 Å². The smallest absolute Gasteiger partial charge is 0.0542 e. The van der Waals surface area contributed by atoms with E-state index in [0.29, 0.717) is 0 Å². The summed E-state index contributed by atoms with van der Waals surface area (Å²) >= 11 is 3.74. The van der Waals surface area contributed by atoms with Crippen molar-refractivity contribution in [2.45, 2.75) is 0 Å². The summed E-state index contributed by atoms with van der Waals surface area (Å²) in [5, 5.41) is 19.5. The van der Waals surface area contributed by atoms with Crippen LogP contribution in [0.4, 0.5) is 34.1 Å². The van der Waals surface area contributed by atoms with Crippen LogP contribution in [0.5, 0.6) is 0 Å². The van der Waals surface area contributed by atoms with Gasteiger partial charge in [0, 0.05) is 140 Å². The van der Waals surface area contributed by atoms with E-state index in [2.05, 4.69) is 465 Å². The highest BCUT2D eigenvalue weighted by Gasteiger charge is 2.25. The Labute approximate surface area is 721 Å². The Morgan fingerprint density at radius 1 is 0.153 bits per heavy atom. The lowest BCUT2D eigenvalue weighted by Crippen LogP contribution is -2.09. The zero-order valence-electron chi connectivity index (χ0n) is 67.1. The molecule has 0 aliphatic rings. The van der Waals surface area contributed by atoms with E-state index in [1.807, 2.05) is 22.7 Å². The molecule has 0 spiro atoms. The summed E-state index contributed by atoms with van der Waals surface area (Å²) in [5.74, 6) is 0. The Hall–Kier alpha value is -15.8. The van der Waals surface area contributed by atoms with Crippen molar-refractivity contribution >= 4 is 206 Å². The Balaban J connectivity index is 0.599. The Morgan fingerprint density at radius 3 is 0.839 bits per heavy atom. The molecule has 0 fully saturated rings. The minimum Gasteiger partial charge on any atom is -0.310 e. The highest BCUT2D eigenvalue weighted by atomic mass is 32.1. The van der Waals surface area contributed by atoms with Gasteiger partial charge in [-0.2, -0.15) is 0 Å². The molecule has 0 aliphatic heterocycles. The van der Waals surface area contributed by atoms with Crippen molar-refractivity contribution in [3.05, 3.63) is 437 Å². The van der Waals surface area contributed by atoms with Gasteiger partial charge < -0.3 is 28.1 Å². The summed E-state index contributed by atoms with van der Waals surface area (Å²) in [6, 6.07) is 163. The average molecular weight is 1610 g/mol. The monoisotopic (exact) mass is 1610 g/mol. The average Bonchev–Trinajstić information content (AvgIpc) is 1.57. The van der Waals surface area contributed by atoms with E-state index in [9.17, 15) is 0 Å². The molecule has 6 aromatic heterocycles. The second-order valence-electron chi connectivity index (χ2n) is 32.7. The van der Waals surface area contributed by atoms with Gasteiger partial charge in [-0.1, -0.05) is 231 Å². The molecule has 0 saturated heterocycles. The zero-order valence-corrected chi connectivity index (χ0v) is 68.7. The number of hydrogen-bond donors (Lipinski definition) is 0. The lowest BCUT2D eigenvalue weighted by Gasteiger charge is -2.25. The SMILES string of the molecule is c1ccc(N(c2ccccc2)c2ccc3c(c2)c2cc(-n4c5ccccc5c5cc(-c6ccc7c(c6)sc6ccccc67)ccc54)ccc2n3-c2ccc3c(-c4cccc5cc(-n6c7ccc(N(c8ccccc8)c8ccccc8)cc7c7cc(-n8c9ccccc9c9cc(-c%10ccc%11c(c%10)sc%10ccccc%10%11)ccc98)ccc76)ccc45)cccc3c2)cc1. The van der Waals surface area contributed by atoms with Crippen LogP contribution in [0.15, 0.2) is 437 Å². The Bertz CT molecular complexity index is 8300. The molecule has 0 amide bonds. The molecule has 0 radical (unpaired) electrons. The molecule has 0 aliphatic carbocycles. The van der Waals surface area contributed by atoms with Crippen LogP contribution in [0.25, 0.3) is 205 Å². The van der Waals surface area contributed by atoms with Gasteiger partial charge in [-0.3, -0.25) is 0 Å². The quantitative estimate of drug-likeness (QED) is 0.115. The van der Waals surface area contributed by atoms with Crippen molar-refractivity contribution in [3.63, 3.8) is 0 Å². The van der Waals surface area contributed by atoms with E-state index in [0.717, 1.165) is 100 Å². The number of benzene rings is 20. The van der Waals surface area contributed by atoms with E-state index in [1.54, 1.807) is 0 Å². The van der Waals surface area contributed by atoms with E-state index >= 15 is 0 Å². The van der Waals surface area contributed by atoms with Crippen molar-refractivity contribution in [2.75, 3.05) is 9.80 Å². The summed E-state index contributed by atoms with van der Waals surface area (Å²) in [6.07, 6.45) is 0. The van der Waals surface area contributed by atoms with Crippen molar-refractivity contribution in [3.8, 4) is 56.1 Å². The van der Waals surface area contributed by atoms with Gasteiger partial charge in [0.05, 0.1) is 44.1 Å². The van der Waals surface area contributed by atoms with Crippen LogP contribution in [-0.2, 0) is 0 Å². The van der Waals surface area contributed by atoms with E-state index < -0.39 is 0 Å². The van der Waals surface area contributed by atoms with Crippen molar-refractivity contribution in [1.29, 1.82) is 0 Å². The Morgan fingerprint density at radius 2 is 0.435 bits per heavy atom. The molecule has 124 heavy (non-hydrogen) atoms. The first-order chi connectivity index (χ1) is 61.5. The minimum absolute atomic E-state index is 1.08. The first kappa shape index (κ1) is 70.0. The predicted molar refractivity (Wildman–Crippen MR) is 530 cm³/mol. The Kier molecular flexibility index (Phi) is 15.7. The topological polar surface area (TPSA) is 26.2 Å². The van der Waals surface area contributed by atoms with Crippen LogP contribution < -0.4 is 9.80 Å². The third-order valence-electron chi connectivity index (χ3n) is 25.9. The van der Waals surface area contributed by atoms with Crippen LogP contribution in [0, 0.1) is 0 Å². The summed E-state index contributed by atoms with van der Waals surface area (Å²) in [5.41, 5.74) is 27.3. The first-order valence-corrected chi connectivity index (χ1v) is 44.0. The van der Waals surface area contributed by atoms with Crippen LogP contribution in [0.2, 0.25) is 0 Å². The second-order valence-corrected chi connectivity index (χ2v) is 34.9. The maximum Gasteiger partial charge on any atom is 0.0542 e. The molecule has 0 saturated carbocycles. The third kappa shape index (κ3) is 11.0. The van der Waals surface area contributed by atoms with Gasteiger partial charge in [-0.25, -0.2) is 0 Å². The highest BCUT2D eigenvalue weighted by molar-refractivity contribution is 7.26. The molecule has 0 atom stereocenters. The zero-order chi connectivity index (χ0) is 81.2. The van der Waals surface area contributed by atoms with Crippen molar-refractivity contribution in [1.82, 2.24) is 18.3 Å². The van der Waals surface area contributed by atoms with Gasteiger partial charge >= 0.3 is 0 Å². The maximum atomic E-state index is 2.48. The predicted octanol–water partition coefficient (Wildman–Crippen LogP) is 33.1. The van der Waals surface area contributed by atoms with Gasteiger partial charge in [-0.15, -0.1) is 22.7 Å². The highest BCUT2D eigenvalue weighted by Crippen LogP contribution is 2.49. The van der Waals surface area contributed by atoms with E-state index in [1.165, 1.54) is 139 Å². The van der Waals surface area contributed by atoms with Gasteiger partial charge in [0.2, 0.25) is 0 Å². The number of anilines is 6. The largest absolute Gasteiger partial charge is 0.310 e. The number of thiophene rings is 2. The van der Waals surface area contributed by atoms with Gasteiger partial charge in [0.1, 0.15) is 0 Å². The summed E-state index contributed by atoms with van der Waals surface area (Å²) in [4.78, 5) is 4.75. The van der Waals surface area contributed by atoms with Crippen molar-refractivity contribution in [2.24, 2.45) is 0 Å². The molecule has 8 heteroatoms. The standard InChI is InChI=1S/C116H72N6S2/c1-5-25-79(26-6-1)117(80-27-7-2-8-28-80)85-49-59-109-101(69-85)103-71-87(121-105-39-17-13-33-93(105)99-65-73(45-57-107(99)121)75-43-53-97-95-35-15-19-41-113(95)123-115(97)67-75)51-61-111(103)119(109)83-47-55-89-77(63-83)23-21-37-91(89)92-38-22-24-78-64-84(48-56-90(78)92)120-110-60-50-86(118(81-29-9-3-10-30-81)82-31-11-4-12-32-82)70-102(110)104-72-88(52-62-112(104)120)122-106-40-18-14-34-94(106)100-66-74(46-58-108(100)122)76-44-54-98-96-36-16-20-42-114(96)124-116(98)68-76/h1-72H. The maximum absolute atomic E-state index is 2.48.